The van der Waals surface area contributed by atoms with Crippen molar-refractivity contribution < 1.29 is 4.79 Å². The van der Waals surface area contributed by atoms with Crippen LogP contribution in [0.25, 0.3) is 21.1 Å². The number of halogens is 1. The van der Waals surface area contributed by atoms with Crippen LogP contribution in [0, 0.1) is 0 Å². The van der Waals surface area contributed by atoms with Gasteiger partial charge in [-0.2, -0.15) is 0 Å². The van der Waals surface area contributed by atoms with Crippen LogP contribution in [0.3, 0.4) is 0 Å². The molecule has 0 spiro atoms. The second kappa shape index (κ2) is 9.38. The van der Waals surface area contributed by atoms with Gasteiger partial charge in [0.2, 0.25) is 5.91 Å². The lowest BCUT2D eigenvalue weighted by molar-refractivity contribution is -0.121. The predicted octanol–water partition coefficient (Wildman–Crippen LogP) is 5.50. The minimum absolute atomic E-state index is 0.0330. The van der Waals surface area contributed by atoms with Crippen molar-refractivity contribution in [1.29, 1.82) is 0 Å². The highest BCUT2D eigenvalue weighted by Crippen LogP contribution is 2.28. The SMILES string of the molecule is O=C(CCc1nc2ccccc2s1)NCc1nc(NC2CCCC2)c2cc(Cl)ccc2n1. The summed E-state index contributed by atoms with van der Waals surface area (Å²) in [4.78, 5) is 26.4. The zero-order valence-electron chi connectivity index (χ0n) is 17.6. The summed E-state index contributed by atoms with van der Waals surface area (Å²) >= 11 is 7.85. The van der Waals surface area contributed by atoms with Crippen LogP contribution in [0.15, 0.2) is 42.5 Å². The van der Waals surface area contributed by atoms with E-state index in [1.54, 1.807) is 11.3 Å². The van der Waals surface area contributed by atoms with E-state index < -0.39 is 0 Å². The summed E-state index contributed by atoms with van der Waals surface area (Å²) in [5.74, 6) is 1.35. The molecule has 8 heteroatoms. The number of nitrogens with one attached hydrogen (secondary N) is 2. The van der Waals surface area contributed by atoms with Crippen LogP contribution < -0.4 is 10.6 Å². The number of fused-ring (bicyclic) bond motifs is 2. The Morgan fingerprint density at radius 2 is 1.91 bits per heavy atom. The fraction of sp³-hybridized carbons (Fsp3) is 0.333. The van der Waals surface area contributed by atoms with Crippen molar-refractivity contribution in [2.24, 2.45) is 0 Å². The molecule has 2 aromatic heterocycles. The van der Waals surface area contributed by atoms with E-state index in [9.17, 15) is 4.79 Å². The normalized spacial score (nSPS) is 14.3. The second-order valence-corrected chi connectivity index (χ2v) is 9.68. The summed E-state index contributed by atoms with van der Waals surface area (Å²) < 4.78 is 1.15. The van der Waals surface area contributed by atoms with Crippen LogP contribution in [0.1, 0.15) is 42.9 Å². The molecule has 0 bridgehead atoms. The van der Waals surface area contributed by atoms with Crippen molar-refractivity contribution in [3.63, 3.8) is 0 Å². The number of para-hydroxylation sites is 1. The second-order valence-electron chi connectivity index (χ2n) is 8.13. The summed E-state index contributed by atoms with van der Waals surface area (Å²) in [6.07, 6.45) is 5.76. The Morgan fingerprint density at radius 1 is 1.06 bits per heavy atom. The van der Waals surface area contributed by atoms with E-state index in [1.807, 2.05) is 36.4 Å². The molecular weight excluding hydrogens is 442 g/mol. The third-order valence-electron chi connectivity index (χ3n) is 5.75. The highest BCUT2D eigenvalue weighted by molar-refractivity contribution is 7.18. The Morgan fingerprint density at radius 3 is 2.75 bits per heavy atom. The fourth-order valence-corrected chi connectivity index (χ4v) is 5.25. The minimum atomic E-state index is -0.0330. The Bertz CT molecular complexity index is 1230. The third kappa shape index (κ3) is 4.84. The van der Waals surface area contributed by atoms with Crippen molar-refractivity contribution >= 4 is 55.8 Å². The zero-order chi connectivity index (χ0) is 21.9. The molecule has 32 heavy (non-hydrogen) atoms. The van der Waals surface area contributed by atoms with E-state index in [0.29, 0.717) is 29.7 Å². The van der Waals surface area contributed by atoms with Crippen molar-refractivity contribution in [2.45, 2.75) is 51.1 Å². The zero-order valence-corrected chi connectivity index (χ0v) is 19.2. The maximum Gasteiger partial charge on any atom is 0.220 e. The number of thiazole rings is 1. The number of hydrogen-bond acceptors (Lipinski definition) is 6. The van der Waals surface area contributed by atoms with Gasteiger partial charge in [0.1, 0.15) is 5.82 Å². The number of rotatable bonds is 7. The molecule has 1 aliphatic rings. The molecule has 1 saturated carbocycles. The van der Waals surface area contributed by atoms with Gasteiger partial charge >= 0.3 is 0 Å². The number of benzene rings is 2. The van der Waals surface area contributed by atoms with Crippen LogP contribution in [-0.2, 0) is 17.8 Å². The number of amides is 1. The molecule has 6 nitrogen and oxygen atoms in total. The number of hydrogen-bond donors (Lipinski definition) is 2. The Kier molecular flexibility index (Phi) is 6.19. The molecular formula is C24H24ClN5OS. The molecule has 0 aliphatic heterocycles. The number of carbonyl (C=O) groups is 1. The molecule has 4 aromatic rings. The predicted molar refractivity (Wildman–Crippen MR) is 130 cm³/mol. The highest BCUT2D eigenvalue weighted by Gasteiger charge is 2.18. The molecule has 0 radical (unpaired) electrons. The number of aryl methyl sites for hydroxylation is 1. The molecule has 2 N–H and O–H groups in total. The van der Waals surface area contributed by atoms with Gasteiger partial charge in [-0.3, -0.25) is 4.79 Å². The average Bonchev–Trinajstić information content (AvgIpc) is 3.46. The fourth-order valence-electron chi connectivity index (χ4n) is 4.11. The van der Waals surface area contributed by atoms with Crippen molar-refractivity contribution in [2.75, 3.05) is 5.32 Å². The highest BCUT2D eigenvalue weighted by atomic mass is 35.5. The molecule has 0 saturated heterocycles. The number of nitrogens with zero attached hydrogens (tertiary/aromatic N) is 3. The van der Waals surface area contributed by atoms with Gasteiger partial charge in [-0.25, -0.2) is 15.0 Å². The molecule has 164 valence electrons. The Balaban J connectivity index is 1.25. The smallest absolute Gasteiger partial charge is 0.220 e. The summed E-state index contributed by atoms with van der Waals surface area (Å²) in [5.41, 5.74) is 1.81. The number of aromatic nitrogens is 3. The molecule has 1 fully saturated rings. The van der Waals surface area contributed by atoms with E-state index in [2.05, 4.69) is 26.7 Å². The minimum Gasteiger partial charge on any atom is -0.367 e. The molecule has 2 heterocycles. The standard InChI is InChI=1S/C24H24ClN5OS/c25-15-9-10-18-17(13-15)24(27-16-5-1-2-6-16)30-21(28-18)14-26-22(31)11-12-23-29-19-7-3-4-8-20(19)32-23/h3-4,7-10,13,16H,1-2,5-6,11-12,14H2,(H,26,31)(H,27,28,30). The van der Waals surface area contributed by atoms with Crippen molar-refractivity contribution in [3.8, 4) is 0 Å². The van der Waals surface area contributed by atoms with Crippen LogP contribution in [-0.4, -0.2) is 26.9 Å². The van der Waals surface area contributed by atoms with Crippen LogP contribution >= 0.6 is 22.9 Å². The van der Waals surface area contributed by atoms with Crippen LogP contribution in [0.5, 0.6) is 0 Å². The van der Waals surface area contributed by atoms with E-state index in [1.165, 1.54) is 12.8 Å². The maximum atomic E-state index is 12.5. The number of anilines is 1. The average molecular weight is 466 g/mol. The van der Waals surface area contributed by atoms with E-state index in [4.69, 9.17) is 16.6 Å². The van der Waals surface area contributed by atoms with Gasteiger partial charge < -0.3 is 10.6 Å². The van der Waals surface area contributed by atoms with Crippen LogP contribution in [0.2, 0.25) is 5.02 Å². The monoisotopic (exact) mass is 465 g/mol. The Hall–Kier alpha value is -2.77. The number of carbonyl (C=O) groups excluding carboxylic acids is 1. The first kappa shape index (κ1) is 21.1. The van der Waals surface area contributed by atoms with Gasteiger partial charge in [0.05, 0.1) is 27.3 Å². The first-order valence-electron chi connectivity index (χ1n) is 11.0. The first-order chi connectivity index (χ1) is 15.6. The quantitative estimate of drug-likeness (QED) is 0.377. The van der Waals surface area contributed by atoms with Crippen LogP contribution in [0.4, 0.5) is 5.82 Å². The molecule has 1 aliphatic carbocycles. The molecule has 0 unspecified atom stereocenters. The van der Waals surface area contributed by atoms with Gasteiger partial charge in [0, 0.05) is 29.3 Å². The lowest BCUT2D eigenvalue weighted by Gasteiger charge is -2.16. The topological polar surface area (TPSA) is 79.8 Å². The lowest BCUT2D eigenvalue weighted by atomic mass is 10.2. The molecule has 0 atom stereocenters. The van der Waals surface area contributed by atoms with Gasteiger partial charge in [0.15, 0.2) is 5.82 Å². The summed E-state index contributed by atoms with van der Waals surface area (Å²) in [5, 5.41) is 9.07. The molecule has 2 aromatic carbocycles. The summed E-state index contributed by atoms with van der Waals surface area (Å²) in [6, 6.07) is 14.1. The summed E-state index contributed by atoms with van der Waals surface area (Å²) in [6.45, 7) is 0.288. The van der Waals surface area contributed by atoms with E-state index in [0.717, 1.165) is 44.8 Å². The molecule has 5 rings (SSSR count). The van der Waals surface area contributed by atoms with E-state index in [-0.39, 0.29) is 12.5 Å². The Labute approximate surface area is 195 Å². The maximum absolute atomic E-state index is 12.5. The van der Waals surface area contributed by atoms with Gasteiger partial charge in [-0.1, -0.05) is 36.6 Å². The van der Waals surface area contributed by atoms with Crippen molar-refractivity contribution in [3.05, 3.63) is 58.3 Å². The largest absolute Gasteiger partial charge is 0.367 e. The van der Waals surface area contributed by atoms with E-state index >= 15 is 0 Å². The first-order valence-corrected chi connectivity index (χ1v) is 12.2. The van der Waals surface area contributed by atoms with Gasteiger partial charge in [0.25, 0.3) is 0 Å². The van der Waals surface area contributed by atoms with Crippen molar-refractivity contribution in [1.82, 2.24) is 20.3 Å². The van der Waals surface area contributed by atoms with Gasteiger partial charge in [-0.05, 0) is 43.2 Å². The van der Waals surface area contributed by atoms with Gasteiger partial charge in [-0.15, -0.1) is 11.3 Å². The molecule has 1 amide bonds. The third-order valence-corrected chi connectivity index (χ3v) is 7.08. The summed E-state index contributed by atoms with van der Waals surface area (Å²) in [7, 11) is 0. The lowest BCUT2D eigenvalue weighted by Crippen LogP contribution is -2.25.